The Hall–Kier alpha value is -5.11. The maximum absolute atomic E-state index is 14.4. The van der Waals surface area contributed by atoms with Crippen molar-refractivity contribution in [2.24, 2.45) is 5.16 Å². The van der Waals surface area contributed by atoms with Crippen LogP contribution in [0.3, 0.4) is 0 Å². The molecule has 2 fully saturated rings. The average molecular weight is 784 g/mol. The van der Waals surface area contributed by atoms with Gasteiger partial charge in [0.15, 0.2) is 11.3 Å². The molecule has 2 bridgehead atoms. The van der Waals surface area contributed by atoms with E-state index in [1.54, 1.807) is 11.8 Å². The number of carbonyl (C=O) groups excluding carboxylic acids is 4. The van der Waals surface area contributed by atoms with E-state index in [4.69, 9.17) is 33.6 Å². The highest BCUT2D eigenvalue weighted by Crippen LogP contribution is 2.46. The van der Waals surface area contributed by atoms with Crippen molar-refractivity contribution < 1.29 is 70.6 Å². The van der Waals surface area contributed by atoms with Crippen LogP contribution in [-0.4, -0.2) is 111 Å². The summed E-state index contributed by atoms with van der Waals surface area (Å²) in [4.78, 5) is 93.1. The van der Waals surface area contributed by atoms with Crippen molar-refractivity contribution in [3.05, 3.63) is 63.1 Å². The summed E-state index contributed by atoms with van der Waals surface area (Å²) >= 11 is 0. The first-order valence-corrected chi connectivity index (χ1v) is 18.0. The van der Waals surface area contributed by atoms with Crippen molar-refractivity contribution in [3.63, 3.8) is 0 Å². The lowest BCUT2D eigenvalue weighted by Crippen LogP contribution is -2.52. The molecule has 0 radical (unpaired) electrons. The van der Waals surface area contributed by atoms with E-state index in [1.165, 1.54) is 17.8 Å². The number of cyclic esters (lactones) is 1. The van der Waals surface area contributed by atoms with E-state index in [1.807, 2.05) is 6.92 Å². The molecule has 6 rings (SSSR count). The molecule has 19 nitrogen and oxygen atoms in total. The molecular formula is C32H36F2N5O14P. The number of pyridine rings is 1. The minimum atomic E-state index is -5.01. The second kappa shape index (κ2) is 14.6. The van der Waals surface area contributed by atoms with Gasteiger partial charge in [-0.25, -0.2) is 22.9 Å². The smallest absolute Gasteiger partial charge is 0.451 e. The molecule has 22 heteroatoms. The predicted octanol–water partition coefficient (Wildman–Crippen LogP) is 2.19. The molecule has 2 saturated heterocycles. The second-order valence-corrected chi connectivity index (χ2v) is 14.7. The number of likely N-dealkylation sites (N-methyl/N-ethyl adjacent to an activating group) is 1. The van der Waals surface area contributed by atoms with Crippen molar-refractivity contribution in [3.8, 4) is 5.75 Å². The lowest BCUT2D eigenvalue weighted by atomic mass is 9.84. The predicted molar refractivity (Wildman–Crippen MR) is 176 cm³/mol. The number of phosphoric acid groups is 1. The summed E-state index contributed by atoms with van der Waals surface area (Å²) in [7, 11) is -3.78. The number of aromatic nitrogens is 1. The summed E-state index contributed by atoms with van der Waals surface area (Å²) in [6.45, 7) is 0.289. The molecule has 292 valence electrons. The fourth-order valence-electron chi connectivity index (χ4n) is 6.82. The van der Waals surface area contributed by atoms with E-state index in [0.717, 1.165) is 17.0 Å². The highest BCUT2D eigenvalue weighted by molar-refractivity contribution is 7.46. The highest BCUT2D eigenvalue weighted by atomic mass is 31.2. The number of nitrogens with one attached hydrogen (secondary N) is 1. The van der Waals surface area contributed by atoms with Gasteiger partial charge >= 0.3 is 20.1 Å². The molecular weight excluding hydrogens is 747 g/mol. The quantitative estimate of drug-likeness (QED) is 0.169. The summed E-state index contributed by atoms with van der Waals surface area (Å²) in [6, 6.07) is 1.76. The Morgan fingerprint density at radius 3 is 2.57 bits per heavy atom. The van der Waals surface area contributed by atoms with Crippen LogP contribution in [0.1, 0.15) is 65.6 Å². The van der Waals surface area contributed by atoms with Gasteiger partial charge < -0.3 is 48.4 Å². The number of oxime groups is 1. The Morgan fingerprint density at radius 2 is 1.93 bits per heavy atom. The molecule has 3 N–H and O–H groups in total. The molecule has 0 aliphatic carbocycles. The van der Waals surface area contributed by atoms with Crippen LogP contribution >= 0.6 is 7.82 Å². The lowest BCUT2D eigenvalue weighted by molar-refractivity contribution is -0.0658. The van der Waals surface area contributed by atoms with E-state index in [9.17, 15) is 37.3 Å². The Kier molecular flexibility index (Phi) is 10.4. The highest BCUT2D eigenvalue weighted by Gasteiger charge is 2.54. The number of rotatable bonds is 11. The van der Waals surface area contributed by atoms with E-state index < -0.39 is 111 Å². The number of hydrogen-bond donors (Lipinski definition) is 3. The Labute approximate surface area is 304 Å². The third-order valence-electron chi connectivity index (χ3n) is 9.91. The molecule has 0 saturated carbocycles. The normalized spacial score (nSPS) is 24.7. The molecule has 1 spiro atoms. The fourth-order valence-corrected chi connectivity index (χ4v) is 7.23. The van der Waals surface area contributed by atoms with Crippen molar-refractivity contribution in [1.29, 1.82) is 0 Å². The minimum Gasteiger partial charge on any atom is -0.451 e. The number of halogens is 2. The summed E-state index contributed by atoms with van der Waals surface area (Å²) in [5, 5.41) is 6.59. The van der Waals surface area contributed by atoms with Crippen LogP contribution < -0.4 is 15.5 Å². The summed E-state index contributed by atoms with van der Waals surface area (Å²) in [6.07, 6.45) is 0.219. The fraction of sp³-hybridized carbons (Fsp3) is 0.500. The first-order valence-electron chi connectivity index (χ1n) is 16.5. The van der Waals surface area contributed by atoms with Gasteiger partial charge in [0.05, 0.1) is 18.4 Å². The standard InChI is InChI=1S/C32H36F2N5O14P/c1-17-9-32(53-36-17)7-6-18(2)38-12-23(32)39-11-21(27(41)35-10-19-4-5-20(33)8-22(19)34)25(40)26(24(39)28(38)42)50-16-51-30(44)49-14-31(15-52-54(45,46)47)13-48-29(43)37(31)3/h4-5,8,11,18,23H,6-7,9-10,12-16H2,1-3H3,(H,35,41)(H2,45,46,47)/t18-,23+,31?,32-/m0/s1. The lowest BCUT2D eigenvalue weighted by Gasteiger charge is -2.42. The van der Waals surface area contributed by atoms with E-state index in [-0.39, 0.29) is 23.8 Å². The number of ether oxygens (including phenoxy) is 4. The average Bonchev–Trinajstić information content (AvgIpc) is 3.59. The van der Waals surface area contributed by atoms with Crippen LogP contribution in [0.2, 0.25) is 0 Å². The summed E-state index contributed by atoms with van der Waals surface area (Å²) < 4.78 is 65.7. The molecule has 1 aromatic heterocycles. The number of phosphoric ester groups is 1. The van der Waals surface area contributed by atoms with Crippen LogP contribution in [0.4, 0.5) is 18.4 Å². The summed E-state index contributed by atoms with van der Waals surface area (Å²) in [5.41, 5.74) is -3.89. The number of hydrogen-bond acceptors (Lipinski definition) is 13. The number of fused-ring (bicyclic) bond motifs is 5. The number of nitrogens with zero attached hydrogens (tertiary/aromatic N) is 4. The van der Waals surface area contributed by atoms with Gasteiger partial charge in [0, 0.05) is 50.4 Å². The topological polar surface area (TPSA) is 234 Å². The number of benzene rings is 1. The van der Waals surface area contributed by atoms with Crippen LogP contribution in [-0.2, 0) is 34.7 Å². The van der Waals surface area contributed by atoms with E-state index in [0.29, 0.717) is 31.0 Å². The van der Waals surface area contributed by atoms with Crippen LogP contribution in [0.15, 0.2) is 34.3 Å². The second-order valence-electron chi connectivity index (χ2n) is 13.4. The van der Waals surface area contributed by atoms with Gasteiger partial charge in [-0.1, -0.05) is 11.2 Å². The van der Waals surface area contributed by atoms with Gasteiger partial charge in [-0.2, -0.15) is 0 Å². The van der Waals surface area contributed by atoms with Crippen molar-refractivity contribution in [1.82, 2.24) is 19.7 Å². The molecule has 4 aliphatic rings. The van der Waals surface area contributed by atoms with Gasteiger partial charge in [0.25, 0.3) is 11.8 Å². The SMILES string of the molecule is CC1=NO[C@@]2(CC[C@H](C)N3C[C@H]2n2cc(C(=O)NCc4ccc(F)cc4F)c(=O)c(OCOC(=O)OCC4(COP(=O)(O)O)COC(=O)N4C)c2C3=O)C1. The molecule has 2 aromatic rings. The molecule has 5 heterocycles. The number of amides is 3. The first-order chi connectivity index (χ1) is 25.4. The Bertz CT molecular complexity index is 2020. The zero-order valence-electron chi connectivity index (χ0n) is 29.1. The maximum atomic E-state index is 14.4. The monoisotopic (exact) mass is 783 g/mol. The largest absolute Gasteiger partial charge is 0.511 e. The van der Waals surface area contributed by atoms with Gasteiger partial charge in [0.2, 0.25) is 18.0 Å². The summed E-state index contributed by atoms with van der Waals surface area (Å²) in [5.74, 6) is -4.04. The molecule has 3 amide bonds. The molecule has 1 aromatic carbocycles. The zero-order chi connectivity index (χ0) is 39.2. The molecule has 1 unspecified atom stereocenters. The zero-order valence-corrected chi connectivity index (χ0v) is 30.0. The van der Waals surface area contributed by atoms with Crippen LogP contribution in [0, 0.1) is 11.6 Å². The van der Waals surface area contributed by atoms with Crippen LogP contribution in [0.25, 0.3) is 0 Å². The molecule has 54 heavy (non-hydrogen) atoms. The maximum Gasteiger partial charge on any atom is 0.511 e. The van der Waals surface area contributed by atoms with Crippen LogP contribution in [0.5, 0.6) is 5.75 Å². The minimum absolute atomic E-state index is 0.0736. The van der Waals surface area contributed by atoms with Gasteiger partial charge in [0.1, 0.15) is 36.0 Å². The number of carbonyl (C=O) groups is 4. The van der Waals surface area contributed by atoms with E-state index in [2.05, 4.69) is 15.0 Å². The third-order valence-corrected chi connectivity index (χ3v) is 10.4. The molecule has 4 atom stereocenters. The third kappa shape index (κ3) is 7.48. The van der Waals surface area contributed by atoms with Crippen molar-refractivity contribution in [2.75, 3.05) is 40.2 Å². The van der Waals surface area contributed by atoms with Gasteiger partial charge in [-0.3, -0.25) is 23.8 Å². The Morgan fingerprint density at radius 1 is 1.17 bits per heavy atom. The van der Waals surface area contributed by atoms with Gasteiger partial charge in [-0.05, 0) is 32.8 Å². The van der Waals surface area contributed by atoms with Crippen molar-refractivity contribution in [2.45, 2.75) is 62.9 Å². The first kappa shape index (κ1) is 38.6. The van der Waals surface area contributed by atoms with Crippen molar-refractivity contribution >= 4 is 37.6 Å². The van der Waals surface area contributed by atoms with E-state index >= 15 is 0 Å². The van der Waals surface area contributed by atoms with Gasteiger partial charge in [-0.15, -0.1) is 0 Å². The Balaban J connectivity index is 1.28. The molecule has 4 aliphatic heterocycles.